The van der Waals surface area contributed by atoms with Gasteiger partial charge in [0.25, 0.3) is 0 Å². The minimum atomic E-state index is 0.0343. The van der Waals surface area contributed by atoms with Crippen LogP contribution >= 0.6 is 15.9 Å². The fourth-order valence-electron chi connectivity index (χ4n) is 2.71. The van der Waals surface area contributed by atoms with Gasteiger partial charge < -0.3 is 5.73 Å². The van der Waals surface area contributed by atoms with Crippen LogP contribution in [0.25, 0.3) is 0 Å². The van der Waals surface area contributed by atoms with Gasteiger partial charge in [-0.05, 0) is 68.0 Å². The van der Waals surface area contributed by atoms with Crippen LogP contribution in [0.15, 0.2) is 34.8 Å². The largest absolute Gasteiger partial charge is 0.324 e. The van der Waals surface area contributed by atoms with Crippen molar-refractivity contribution in [3.63, 3.8) is 0 Å². The summed E-state index contributed by atoms with van der Waals surface area (Å²) in [6, 6.07) is 10.9. The number of benzene rings is 2. The Morgan fingerprint density at radius 1 is 0.950 bits per heavy atom. The van der Waals surface area contributed by atoms with E-state index in [1.165, 1.54) is 33.4 Å². The van der Waals surface area contributed by atoms with E-state index in [1.807, 2.05) is 0 Å². The molecule has 2 aromatic rings. The predicted octanol–water partition coefficient (Wildman–Crippen LogP) is 4.93. The summed E-state index contributed by atoms with van der Waals surface area (Å²) in [5.74, 6) is 0. The first-order chi connectivity index (χ1) is 9.38. The maximum absolute atomic E-state index is 6.40. The Labute approximate surface area is 130 Å². The molecule has 2 N–H and O–H groups in total. The first kappa shape index (κ1) is 15.3. The van der Waals surface area contributed by atoms with Crippen molar-refractivity contribution in [3.05, 3.63) is 68.2 Å². The minimum absolute atomic E-state index is 0.0343. The molecule has 0 aliphatic rings. The molecule has 0 heterocycles. The van der Waals surface area contributed by atoms with Gasteiger partial charge >= 0.3 is 0 Å². The molecule has 0 saturated carbocycles. The van der Waals surface area contributed by atoms with Gasteiger partial charge in [-0.25, -0.2) is 0 Å². The molecule has 0 bridgehead atoms. The zero-order chi connectivity index (χ0) is 14.9. The Balaban J connectivity index is 2.27. The minimum Gasteiger partial charge on any atom is -0.324 e. The molecule has 2 heteroatoms. The van der Waals surface area contributed by atoms with Crippen molar-refractivity contribution in [3.8, 4) is 0 Å². The highest BCUT2D eigenvalue weighted by atomic mass is 79.9. The molecule has 0 saturated heterocycles. The second-order valence-electron chi connectivity index (χ2n) is 5.70. The number of hydrogen-bond donors (Lipinski definition) is 1. The van der Waals surface area contributed by atoms with Gasteiger partial charge in [0.05, 0.1) is 0 Å². The van der Waals surface area contributed by atoms with Crippen molar-refractivity contribution < 1.29 is 0 Å². The van der Waals surface area contributed by atoms with E-state index in [4.69, 9.17) is 5.73 Å². The fraction of sp³-hybridized carbons (Fsp3) is 0.333. The molecule has 2 aromatic carbocycles. The molecule has 0 aliphatic heterocycles. The number of aryl methyl sites for hydroxylation is 4. The standard InChI is InChI=1S/C18H22BrN/c1-11-7-13(3)16(14(4)8-11)10-18(20)15-6-5-12(2)17(19)9-15/h5-9,18H,10,20H2,1-4H3. The molecule has 0 aliphatic carbocycles. The average molecular weight is 332 g/mol. The molecule has 1 atom stereocenters. The first-order valence-electron chi connectivity index (χ1n) is 6.97. The van der Waals surface area contributed by atoms with Crippen molar-refractivity contribution >= 4 is 15.9 Å². The van der Waals surface area contributed by atoms with Crippen molar-refractivity contribution in [2.24, 2.45) is 5.73 Å². The van der Waals surface area contributed by atoms with Crippen LogP contribution in [0.4, 0.5) is 0 Å². The van der Waals surface area contributed by atoms with Crippen molar-refractivity contribution in [1.29, 1.82) is 0 Å². The van der Waals surface area contributed by atoms with E-state index in [2.05, 4.69) is 74.0 Å². The van der Waals surface area contributed by atoms with Gasteiger partial charge in [-0.15, -0.1) is 0 Å². The van der Waals surface area contributed by atoms with E-state index in [0.29, 0.717) is 0 Å². The fourth-order valence-corrected chi connectivity index (χ4v) is 3.11. The van der Waals surface area contributed by atoms with E-state index >= 15 is 0 Å². The summed E-state index contributed by atoms with van der Waals surface area (Å²) in [4.78, 5) is 0. The summed E-state index contributed by atoms with van der Waals surface area (Å²) in [6.07, 6.45) is 0.882. The van der Waals surface area contributed by atoms with Gasteiger partial charge in [0, 0.05) is 10.5 Å². The second kappa shape index (κ2) is 6.11. The Morgan fingerprint density at radius 3 is 2.10 bits per heavy atom. The lowest BCUT2D eigenvalue weighted by Crippen LogP contribution is -2.15. The van der Waals surface area contributed by atoms with Crippen LogP contribution in [-0.2, 0) is 6.42 Å². The molecule has 2 rings (SSSR count). The highest BCUT2D eigenvalue weighted by molar-refractivity contribution is 9.10. The van der Waals surface area contributed by atoms with Crippen LogP contribution in [0.2, 0.25) is 0 Å². The number of rotatable bonds is 3. The number of nitrogens with two attached hydrogens (primary N) is 1. The van der Waals surface area contributed by atoms with Crippen LogP contribution in [0.1, 0.15) is 39.4 Å². The van der Waals surface area contributed by atoms with Gasteiger partial charge in [-0.3, -0.25) is 0 Å². The van der Waals surface area contributed by atoms with Gasteiger partial charge in [0.1, 0.15) is 0 Å². The summed E-state index contributed by atoms with van der Waals surface area (Å²) < 4.78 is 1.13. The molecule has 0 spiro atoms. The van der Waals surface area contributed by atoms with Crippen molar-refractivity contribution in [1.82, 2.24) is 0 Å². The lowest BCUT2D eigenvalue weighted by atomic mass is 9.92. The van der Waals surface area contributed by atoms with Crippen LogP contribution in [-0.4, -0.2) is 0 Å². The molecule has 0 radical (unpaired) electrons. The molecular formula is C18H22BrN. The van der Waals surface area contributed by atoms with E-state index in [1.54, 1.807) is 0 Å². The monoisotopic (exact) mass is 331 g/mol. The molecule has 1 nitrogen and oxygen atoms in total. The van der Waals surface area contributed by atoms with E-state index in [-0.39, 0.29) is 6.04 Å². The van der Waals surface area contributed by atoms with Crippen LogP contribution in [0.5, 0.6) is 0 Å². The van der Waals surface area contributed by atoms with Crippen LogP contribution in [0.3, 0.4) is 0 Å². The highest BCUT2D eigenvalue weighted by Gasteiger charge is 2.12. The molecular weight excluding hydrogens is 310 g/mol. The van der Waals surface area contributed by atoms with E-state index in [0.717, 1.165) is 10.9 Å². The third-order valence-corrected chi connectivity index (χ3v) is 4.74. The maximum atomic E-state index is 6.40. The van der Waals surface area contributed by atoms with Gasteiger partial charge in [-0.2, -0.15) is 0 Å². The summed E-state index contributed by atoms with van der Waals surface area (Å²) in [5.41, 5.74) is 14.2. The molecule has 0 aromatic heterocycles. The lowest BCUT2D eigenvalue weighted by Gasteiger charge is -2.17. The van der Waals surface area contributed by atoms with Gasteiger partial charge in [0.15, 0.2) is 0 Å². The smallest absolute Gasteiger partial charge is 0.0336 e. The number of halogens is 1. The quantitative estimate of drug-likeness (QED) is 0.848. The zero-order valence-corrected chi connectivity index (χ0v) is 14.2. The predicted molar refractivity (Wildman–Crippen MR) is 90.2 cm³/mol. The normalized spacial score (nSPS) is 12.5. The molecule has 20 heavy (non-hydrogen) atoms. The zero-order valence-electron chi connectivity index (χ0n) is 12.6. The van der Waals surface area contributed by atoms with Gasteiger partial charge in [0.2, 0.25) is 0 Å². The topological polar surface area (TPSA) is 26.0 Å². The SMILES string of the molecule is Cc1cc(C)c(CC(N)c2ccc(C)c(Br)c2)c(C)c1. The Morgan fingerprint density at radius 2 is 1.55 bits per heavy atom. The van der Waals surface area contributed by atoms with Crippen molar-refractivity contribution in [2.45, 2.75) is 40.2 Å². The number of hydrogen-bond acceptors (Lipinski definition) is 1. The van der Waals surface area contributed by atoms with Crippen molar-refractivity contribution in [2.75, 3.05) is 0 Å². The molecule has 0 fully saturated rings. The summed E-state index contributed by atoms with van der Waals surface area (Å²) in [7, 11) is 0. The van der Waals surface area contributed by atoms with E-state index in [9.17, 15) is 0 Å². The Kier molecular flexibility index (Phi) is 4.66. The van der Waals surface area contributed by atoms with Crippen LogP contribution < -0.4 is 5.73 Å². The average Bonchev–Trinajstić information content (AvgIpc) is 2.36. The lowest BCUT2D eigenvalue weighted by molar-refractivity contribution is 0.714. The first-order valence-corrected chi connectivity index (χ1v) is 7.76. The van der Waals surface area contributed by atoms with Gasteiger partial charge in [-0.1, -0.05) is 45.8 Å². The molecule has 0 amide bonds. The third kappa shape index (κ3) is 3.31. The Hall–Kier alpha value is -1.12. The van der Waals surface area contributed by atoms with Crippen LogP contribution in [0, 0.1) is 27.7 Å². The third-order valence-electron chi connectivity index (χ3n) is 3.89. The molecule has 1 unspecified atom stereocenters. The summed E-state index contributed by atoms with van der Waals surface area (Å²) >= 11 is 3.58. The maximum Gasteiger partial charge on any atom is 0.0336 e. The van der Waals surface area contributed by atoms with E-state index < -0.39 is 0 Å². The second-order valence-corrected chi connectivity index (χ2v) is 6.55. The molecule has 106 valence electrons. The summed E-state index contributed by atoms with van der Waals surface area (Å²) in [6.45, 7) is 8.58. The summed E-state index contributed by atoms with van der Waals surface area (Å²) in [5, 5.41) is 0. The Bertz CT molecular complexity index is 608. The highest BCUT2D eigenvalue weighted by Crippen LogP contribution is 2.25.